The van der Waals surface area contributed by atoms with Gasteiger partial charge in [-0.15, -0.1) is 5.10 Å². The molecule has 7 heteroatoms. The van der Waals surface area contributed by atoms with Crippen molar-refractivity contribution in [1.29, 1.82) is 0 Å². The van der Waals surface area contributed by atoms with Crippen molar-refractivity contribution in [2.45, 2.75) is 6.61 Å². The fraction of sp³-hybridized carbons (Fsp3) is 0.0500. The molecule has 0 fully saturated rings. The van der Waals surface area contributed by atoms with Gasteiger partial charge in [-0.3, -0.25) is 0 Å². The number of rotatable bonds is 4. The molecule has 0 N–H and O–H groups in total. The topological polar surface area (TPSA) is 65.5 Å². The van der Waals surface area contributed by atoms with E-state index in [0.717, 1.165) is 16.6 Å². The summed E-state index contributed by atoms with van der Waals surface area (Å²) in [6.45, 7) is 0.290. The minimum absolute atomic E-state index is 0.290. The van der Waals surface area contributed by atoms with Crippen molar-refractivity contribution in [3.63, 3.8) is 0 Å². The van der Waals surface area contributed by atoms with Crippen LogP contribution in [0, 0.1) is 0 Å². The van der Waals surface area contributed by atoms with E-state index < -0.39 is 0 Å². The van der Waals surface area contributed by atoms with Crippen molar-refractivity contribution in [3.8, 4) is 17.3 Å². The summed E-state index contributed by atoms with van der Waals surface area (Å²) >= 11 is 5.96. The van der Waals surface area contributed by atoms with Gasteiger partial charge in [-0.1, -0.05) is 29.8 Å². The van der Waals surface area contributed by atoms with Gasteiger partial charge in [0.2, 0.25) is 5.82 Å². The van der Waals surface area contributed by atoms with E-state index in [2.05, 4.69) is 15.1 Å². The summed E-state index contributed by atoms with van der Waals surface area (Å²) in [4.78, 5) is 9.00. The Morgan fingerprint density at radius 3 is 2.89 bits per heavy atom. The zero-order valence-electron chi connectivity index (χ0n) is 14.0. The third-order valence-corrected chi connectivity index (χ3v) is 4.38. The minimum atomic E-state index is 0.290. The Kier molecular flexibility index (Phi) is 3.76. The fourth-order valence-corrected chi connectivity index (χ4v) is 3.05. The lowest BCUT2D eigenvalue weighted by molar-refractivity contribution is 0.272. The Morgan fingerprint density at radius 2 is 1.96 bits per heavy atom. The Hall–Kier alpha value is -3.38. The van der Waals surface area contributed by atoms with Crippen LogP contribution in [0.15, 0.2) is 71.4 Å². The normalized spacial score (nSPS) is 11.3. The van der Waals surface area contributed by atoms with Crippen molar-refractivity contribution in [2.75, 3.05) is 0 Å². The molecule has 3 aromatic heterocycles. The quantitative estimate of drug-likeness (QED) is 0.452. The number of ether oxygens (including phenoxy) is 1. The highest BCUT2D eigenvalue weighted by Crippen LogP contribution is 2.24. The number of aromatic nitrogens is 4. The molecule has 0 aliphatic rings. The van der Waals surface area contributed by atoms with Crippen molar-refractivity contribution in [2.24, 2.45) is 0 Å². The van der Waals surface area contributed by atoms with E-state index in [-0.39, 0.29) is 6.61 Å². The Labute approximate surface area is 159 Å². The maximum Gasteiger partial charge on any atom is 0.217 e. The van der Waals surface area contributed by atoms with Crippen LogP contribution in [-0.2, 0) is 6.61 Å². The standard InChI is InChI=1S/C20H13ClN4O2/c21-13-4-3-5-14(10-13)26-11-15-8-9-18(27-15)19-23-20-16-6-1-2-7-17(16)22-12-25(20)24-19/h1-10,12H,11H2. The first kappa shape index (κ1) is 15.8. The molecule has 27 heavy (non-hydrogen) atoms. The van der Waals surface area contributed by atoms with Gasteiger partial charge in [-0.2, -0.15) is 0 Å². The molecule has 0 amide bonds. The van der Waals surface area contributed by atoms with Gasteiger partial charge in [-0.05, 0) is 42.5 Å². The lowest BCUT2D eigenvalue weighted by Gasteiger charge is -2.03. The van der Waals surface area contributed by atoms with E-state index in [9.17, 15) is 0 Å². The maximum absolute atomic E-state index is 5.96. The molecule has 6 nitrogen and oxygen atoms in total. The number of para-hydroxylation sites is 1. The molecule has 2 aromatic carbocycles. The predicted octanol–water partition coefficient (Wildman–Crippen LogP) is 4.77. The first-order chi connectivity index (χ1) is 13.3. The highest BCUT2D eigenvalue weighted by Gasteiger charge is 2.13. The van der Waals surface area contributed by atoms with Crippen LogP contribution in [0.25, 0.3) is 28.1 Å². The molecule has 0 saturated heterocycles. The summed E-state index contributed by atoms with van der Waals surface area (Å²) in [7, 11) is 0. The second kappa shape index (κ2) is 6.41. The average Bonchev–Trinajstić information content (AvgIpc) is 3.33. The van der Waals surface area contributed by atoms with Crippen LogP contribution in [0.2, 0.25) is 5.02 Å². The number of fused-ring (bicyclic) bond motifs is 3. The third kappa shape index (κ3) is 3.00. The molecular weight excluding hydrogens is 364 g/mol. The SMILES string of the molecule is Clc1cccc(OCc2ccc(-c3nc4c5ccccc5ncn4n3)o2)c1. The summed E-state index contributed by atoms with van der Waals surface area (Å²) in [6.07, 6.45) is 1.65. The van der Waals surface area contributed by atoms with Gasteiger partial charge in [0.15, 0.2) is 11.4 Å². The van der Waals surface area contributed by atoms with Crippen LogP contribution in [0.3, 0.4) is 0 Å². The van der Waals surface area contributed by atoms with Crippen LogP contribution in [0.4, 0.5) is 0 Å². The molecule has 0 atom stereocenters. The zero-order valence-corrected chi connectivity index (χ0v) is 14.8. The third-order valence-electron chi connectivity index (χ3n) is 4.14. The molecule has 0 aliphatic carbocycles. The lowest BCUT2D eigenvalue weighted by Crippen LogP contribution is -1.93. The fourth-order valence-electron chi connectivity index (χ4n) is 2.87. The Balaban J connectivity index is 1.43. The van der Waals surface area contributed by atoms with E-state index in [1.807, 2.05) is 48.5 Å². The van der Waals surface area contributed by atoms with Gasteiger partial charge < -0.3 is 9.15 Å². The van der Waals surface area contributed by atoms with Crippen LogP contribution < -0.4 is 4.74 Å². The number of nitrogens with zero attached hydrogens (tertiary/aromatic N) is 4. The summed E-state index contributed by atoms with van der Waals surface area (Å²) in [6, 6.07) is 18.7. The minimum Gasteiger partial charge on any atom is -0.486 e. The molecule has 0 bridgehead atoms. The largest absolute Gasteiger partial charge is 0.486 e. The Bertz CT molecular complexity index is 1260. The molecule has 0 spiro atoms. The molecule has 0 saturated carbocycles. The summed E-state index contributed by atoms with van der Waals surface area (Å²) in [5.74, 6) is 2.44. The maximum atomic E-state index is 5.96. The number of benzene rings is 2. The molecular formula is C20H13ClN4O2. The van der Waals surface area contributed by atoms with Gasteiger partial charge in [0, 0.05) is 10.4 Å². The molecule has 0 radical (unpaired) electrons. The van der Waals surface area contributed by atoms with Crippen molar-refractivity contribution >= 4 is 28.2 Å². The highest BCUT2D eigenvalue weighted by atomic mass is 35.5. The zero-order chi connectivity index (χ0) is 18.2. The van der Waals surface area contributed by atoms with Crippen LogP contribution >= 0.6 is 11.6 Å². The summed E-state index contributed by atoms with van der Waals surface area (Å²) in [5.41, 5.74) is 1.61. The van der Waals surface area contributed by atoms with E-state index in [4.69, 9.17) is 20.8 Å². The highest BCUT2D eigenvalue weighted by molar-refractivity contribution is 6.30. The average molecular weight is 377 g/mol. The van der Waals surface area contributed by atoms with E-state index in [1.54, 1.807) is 23.0 Å². The number of hydrogen-bond acceptors (Lipinski definition) is 5. The van der Waals surface area contributed by atoms with Gasteiger partial charge >= 0.3 is 0 Å². The van der Waals surface area contributed by atoms with Gasteiger partial charge in [0.05, 0.1) is 5.52 Å². The monoisotopic (exact) mass is 376 g/mol. The first-order valence-electron chi connectivity index (χ1n) is 8.34. The number of hydrogen-bond donors (Lipinski definition) is 0. The molecule has 132 valence electrons. The van der Waals surface area contributed by atoms with Crippen molar-refractivity contribution < 1.29 is 9.15 Å². The van der Waals surface area contributed by atoms with Crippen LogP contribution in [0.1, 0.15) is 5.76 Å². The van der Waals surface area contributed by atoms with Gasteiger partial charge in [0.25, 0.3) is 0 Å². The van der Waals surface area contributed by atoms with Gasteiger partial charge in [0.1, 0.15) is 24.4 Å². The second-order valence-electron chi connectivity index (χ2n) is 5.98. The molecule has 5 aromatic rings. The number of furan rings is 1. The van der Waals surface area contributed by atoms with Crippen molar-refractivity contribution in [1.82, 2.24) is 19.6 Å². The summed E-state index contributed by atoms with van der Waals surface area (Å²) in [5, 5.41) is 6.03. The molecule has 0 aliphatic heterocycles. The summed E-state index contributed by atoms with van der Waals surface area (Å²) < 4.78 is 13.2. The lowest BCUT2D eigenvalue weighted by atomic mass is 10.2. The van der Waals surface area contributed by atoms with Crippen molar-refractivity contribution in [3.05, 3.63) is 77.8 Å². The van der Waals surface area contributed by atoms with Crippen LogP contribution in [-0.4, -0.2) is 19.6 Å². The number of halogens is 1. The van der Waals surface area contributed by atoms with E-state index >= 15 is 0 Å². The molecule has 5 rings (SSSR count). The second-order valence-corrected chi connectivity index (χ2v) is 6.41. The smallest absolute Gasteiger partial charge is 0.217 e. The van der Waals surface area contributed by atoms with Crippen LogP contribution in [0.5, 0.6) is 5.75 Å². The Morgan fingerprint density at radius 1 is 1.04 bits per heavy atom. The molecule has 3 heterocycles. The van der Waals surface area contributed by atoms with Gasteiger partial charge in [-0.25, -0.2) is 14.5 Å². The van der Waals surface area contributed by atoms with E-state index in [1.165, 1.54) is 0 Å². The first-order valence-corrected chi connectivity index (χ1v) is 8.72. The predicted molar refractivity (Wildman–Crippen MR) is 102 cm³/mol. The molecule has 0 unspecified atom stereocenters. The van der Waals surface area contributed by atoms with E-state index in [0.29, 0.717) is 28.1 Å².